The summed E-state index contributed by atoms with van der Waals surface area (Å²) in [4.78, 5) is 0. The minimum atomic E-state index is 0.209. The Hall–Kier alpha value is -1.46. The Bertz CT molecular complexity index is 398. The predicted molar refractivity (Wildman–Crippen MR) is 83.6 cm³/mol. The van der Waals surface area contributed by atoms with Gasteiger partial charge in [0.25, 0.3) is 0 Å². The average Bonchev–Trinajstić information content (AvgIpc) is 2.52. The molecule has 1 unspecified atom stereocenters. The highest BCUT2D eigenvalue weighted by Crippen LogP contribution is 2.39. The lowest BCUT2D eigenvalue weighted by Gasteiger charge is -2.18. The highest BCUT2D eigenvalue weighted by atomic mass is 16.5. The lowest BCUT2D eigenvalue weighted by Crippen LogP contribution is -2.20. The molecule has 0 heterocycles. The summed E-state index contributed by atoms with van der Waals surface area (Å²) in [6, 6.07) is 4.17. The van der Waals surface area contributed by atoms with Gasteiger partial charge in [0.15, 0.2) is 11.5 Å². The van der Waals surface area contributed by atoms with Crippen molar-refractivity contribution < 1.29 is 18.9 Å². The molecular formula is C16H27NO4. The third kappa shape index (κ3) is 5.10. The highest BCUT2D eigenvalue weighted by Gasteiger charge is 2.15. The Morgan fingerprint density at radius 3 is 2.05 bits per heavy atom. The van der Waals surface area contributed by atoms with Gasteiger partial charge in [-0.25, -0.2) is 0 Å². The largest absolute Gasteiger partial charge is 0.493 e. The van der Waals surface area contributed by atoms with Gasteiger partial charge < -0.3 is 24.3 Å². The summed E-state index contributed by atoms with van der Waals surface area (Å²) in [5.74, 6) is 1.98. The zero-order valence-electron chi connectivity index (χ0n) is 13.7. The molecule has 5 nitrogen and oxygen atoms in total. The molecule has 1 aromatic rings. The maximum absolute atomic E-state index is 5.38. The van der Waals surface area contributed by atoms with Gasteiger partial charge in [0, 0.05) is 19.8 Å². The van der Waals surface area contributed by atoms with Gasteiger partial charge in [-0.05, 0) is 44.0 Å². The van der Waals surface area contributed by atoms with E-state index < -0.39 is 0 Å². The lowest BCUT2D eigenvalue weighted by atomic mass is 10.1. The van der Waals surface area contributed by atoms with Crippen LogP contribution in [-0.4, -0.2) is 41.6 Å². The molecule has 0 bridgehead atoms. The van der Waals surface area contributed by atoms with E-state index >= 15 is 0 Å². The maximum Gasteiger partial charge on any atom is 0.203 e. The topological polar surface area (TPSA) is 49.0 Å². The number of hydrogen-bond acceptors (Lipinski definition) is 5. The molecule has 1 aromatic carbocycles. The molecular weight excluding hydrogens is 270 g/mol. The highest BCUT2D eigenvalue weighted by molar-refractivity contribution is 5.54. The summed E-state index contributed by atoms with van der Waals surface area (Å²) in [7, 11) is 6.59. The van der Waals surface area contributed by atoms with Crippen LogP contribution in [0.2, 0.25) is 0 Å². The molecule has 0 aliphatic carbocycles. The molecule has 0 aliphatic rings. The van der Waals surface area contributed by atoms with Crippen molar-refractivity contribution in [2.45, 2.75) is 25.8 Å². The minimum Gasteiger partial charge on any atom is -0.493 e. The van der Waals surface area contributed by atoms with E-state index in [0.717, 1.165) is 31.6 Å². The first-order valence-corrected chi connectivity index (χ1v) is 7.20. The van der Waals surface area contributed by atoms with Gasteiger partial charge >= 0.3 is 0 Å². The van der Waals surface area contributed by atoms with E-state index in [1.807, 2.05) is 12.1 Å². The van der Waals surface area contributed by atoms with Gasteiger partial charge in [0.2, 0.25) is 5.75 Å². The van der Waals surface area contributed by atoms with Gasteiger partial charge in [0.05, 0.1) is 21.3 Å². The van der Waals surface area contributed by atoms with E-state index in [2.05, 4.69) is 12.2 Å². The van der Waals surface area contributed by atoms with Crippen molar-refractivity contribution in [3.63, 3.8) is 0 Å². The van der Waals surface area contributed by atoms with E-state index in [9.17, 15) is 0 Å². The fraction of sp³-hybridized carbons (Fsp3) is 0.625. The second kappa shape index (κ2) is 9.47. The van der Waals surface area contributed by atoms with Gasteiger partial charge in [-0.2, -0.15) is 0 Å². The van der Waals surface area contributed by atoms with E-state index in [4.69, 9.17) is 18.9 Å². The van der Waals surface area contributed by atoms with E-state index in [-0.39, 0.29) is 6.04 Å². The zero-order chi connectivity index (χ0) is 15.7. The van der Waals surface area contributed by atoms with Crippen molar-refractivity contribution in [1.82, 2.24) is 5.32 Å². The summed E-state index contributed by atoms with van der Waals surface area (Å²) in [5.41, 5.74) is 1.11. The van der Waals surface area contributed by atoms with Crippen LogP contribution in [0.5, 0.6) is 17.2 Å². The Labute approximate surface area is 127 Å². The second-order valence-corrected chi connectivity index (χ2v) is 4.83. The number of rotatable bonds is 10. The van der Waals surface area contributed by atoms with Crippen LogP contribution in [0.15, 0.2) is 12.1 Å². The summed E-state index contributed by atoms with van der Waals surface area (Å²) in [5, 5.41) is 3.49. The summed E-state index contributed by atoms with van der Waals surface area (Å²) in [6.45, 7) is 3.87. The normalized spacial score (nSPS) is 12.0. The standard InChI is InChI=1S/C16H27NO4/c1-12(17-8-6-7-9-18-2)13-10-14(19-3)16(21-5)15(11-13)20-4/h10-12,17H,6-9H2,1-5H3. The Kier molecular flexibility index (Phi) is 7.93. The van der Waals surface area contributed by atoms with Crippen LogP contribution < -0.4 is 19.5 Å². The molecule has 0 fully saturated rings. The molecule has 0 aromatic heterocycles. The van der Waals surface area contributed by atoms with E-state index in [1.54, 1.807) is 28.4 Å². The quantitative estimate of drug-likeness (QED) is 0.673. The first-order valence-electron chi connectivity index (χ1n) is 7.20. The van der Waals surface area contributed by atoms with Gasteiger partial charge in [-0.15, -0.1) is 0 Å². The maximum atomic E-state index is 5.38. The predicted octanol–water partition coefficient (Wildman–Crippen LogP) is 2.79. The molecule has 5 heteroatoms. The van der Waals surface area contributed by atoms with E-state index in [1.165, 1.54) is 0 Å². The fourth-order valence-corrected chi connectivity index (χ4v) is 2.16. The molecule has 21 heavy (non-hydrogen) atoms. The minimum absolute atomic E-state index is 0.209. The number of nitrogens with one attached hydrogen (secondary N) is 1. The molecule has 0 amide bonds. The van der Waals surface area contributed by atoms with Gasteiger partial charge in [-0.3, -0.25) is 0 Å². The average molecular weight is 297 g/mol. The van der Waals surface area contributed by atoms with Crippen LogP contribution in [0.3, 0.4) is 0 Å². The molecule has 1 N–H and O–H groups in total. The SMILES string of the molecule is COCCCCNC(C)c1cc(OC)c(OC)c(OC)c1. The Morgan fingerprint density at radius 2 is 1.57 bits per heavy atom. The molecule has 0 saturated heterocycles. The summed E-state index contributed by atoms with van der Waals surface area (Å²) >= 11 is 0. The van der Waals surface area contributed by atoms with Crippen LogP contribution in [-0.2, 0) is 4.74 Å². The smallest absolute Gasteiger partial charge is 0.203 e. The van der Waals surface area contributed by atoms with Crippen molar-refractivity contribution in [3.05, 3.63) is 17.7 Å². The van der Waals surface area contributed by atoms with Crippen molar-refractivity contribution in [1.29, 1.82) is 0 Å². The molecule has 1 rings (SSSR count). The monoisotopic (exact) mass is 297 g/mol. The third-order valence-electron chi connectivity index (χ3n) is 3.41. The van der Waals surface area contributed by atoms with Crippen LogP contribution >= 0.6 is 0 Å². The second-order valence-electron chi connectivity index (χ2n) is 4.83. The fourth-order valence-electron chi connectivity index (χ4n) is 2.16. The van der Waals surface area contributed by atoms with Crippen molar-refractivity contribution in [2.75, 3.05) is 41.6 Å². The van der Waals surface area contributed by atoms with Crippen molar-refractivity contribution in [2.24, 2.45) is 0 Å². The van der Waals surface area contributed by atoms with Crippen LogP contribution in [0.4, 0.5) is 0 Å². The molecule has 1 atom stereocenters. The number of methoxy groups -OCH3 is 4. The van der Waals surface area contributed by atoms with Crippen molar-refractivity contribution >= 4 is 0 Å². The third-order valence-corrected chi connectivity index (χ3v) is 3.41. The lowest BCUT2D eigenvalue weighted by molar-refractivity contribution is 0.192. The number of unbranched alkanes of at least 4 members (excludes halogenated alkanes) is 1. The molecule has 120 valence electrons. The molecule has 0 saturated carbocycles. The Balaban J connectivity index is 2.73. The summed E-state index contributed by atoms with van der Waals surface area (Å²) < 4.78 is 21.1. The van der Waals surface area contributed by atoms with Crippen LogP contribution in [0.25, 0.3) is 0 Å². The van der Waals surface area contributed by atoms with Gasteiger partial charge in [-0.1, -0.05) is 0 Å². The van der Waals surface area contributed by atoms with Crippen LogP contribution in [0, 0.1) is 0 Å². The number of benzene rings is 1. The van der Waals surface area contributed by atoms with Crippen molar-refractivity contribution in [3.8, 4) is 17.2 Å². The number of ether oxygens (including phenoxy) is 4. The summed E-state index contributed by atoms with van der Waals surface area (Å²) in [6.07, 6.45) is 2.15. The van der Waals surface area contributed by atoms with Gasteiger partial charge in [0.1, 0.15) is 0 Å². The molecule has 0 aliphatic heterocycles. The molecule has 0 radical (unpaired) electrons. The molecule has 0 spiro atoms. The Morgan fingerprint density at radius 1 is 0.952 bits per heavy atom. The first kappa shape index (κ1) is 17.6. The zero-order valence-corrected chi connectivity index (χ0v) is 13.7. The van der Waals surface area contributed by atoms with E-state index in [0.29, 0.717) is 17.2 Å². The number of hydrogen-bond donors (Lipinski definition) is 1. The first-order chi connectivity index (χ1) is 10.2. The van der Waals surface area contributed by atoms with Crippen LogP contribution in [0.1, 0.15) is 31.4 Å².